The Morgan fingerprint density at radius 2 is 1.67 bits per heavy atom. The first kappa shape index (κ1) is 13.4. The molecule has 0 bridgehead atoms. The lowest BCUT2D eigenvalue weighted by molar-refractivity contribution is -0.152. The molecule has 2 aliphatic rings. The van der Waals surface area contributed by atoms with E-state index in [1.807, 2.05) is 12.2 Å². The van der Waals surface area contributed by atoms with E-state index in [2.05, 4.69) is 0 Å². The van der Waals surface area contributed by atoms with Crippen LogP contribution in [0.5, 0.6) is 0 Å². The molecule has 1 saturated heterocycles. The Labute approximate surface area is 104 Å². The SMILES string of the molecule is O=C(C1CC=CC1)N1CCN(CC(F)(F)F)CC1. The Kier molecular flexibility index (Phi) is 3.94. The highest BCUT2D eigenvalue weighted by atomic mass is 19.4. The third kappa shape index (κ3) is 3.48. The van der Waals surface area contributed by atoms with Gasteiger partial charge in [-0.3, -0.25) is 9.69 Å². The number of rotatable bonds is 2. The van der Waals surface area contributed by atoms with E-state index in [0.29, 0.717) is 26.2 Å². The van der Waals surface area contributed by atoms with E-state index in [1.165, 1.54) is 4.90 Å². The second kappa shape index (κ2) is 5.30. The first-order valence-corrected chi connectivity index (χ1v) is 6.18. The van der Waals surface area contributed by atoms with E-state index in [9.17, 15) is 18.0 Å². The number of piperazine rings is 1. The molecule has 18 heavy (non-hydrogen) atoms. The number of alkyl halides is 3. The third-order valence-electron chi connectivity index (χ3n) is 3.44. The number of hydrogen-bond acceptors (Lipinski definition) is 2. The highest BCUT2D eigenvalue weighted by Gasteiger charge is 2.33. The average molecular weight is 262 g/mol. The summed E-state index contributed by atoms with van der Waals surface area (Å²) < 4.78 is 36.6. The number of halogens is 3. The summed E-state index contributed by atoms with van der Waals surface area (Å²) in [6, 6.07) is 0. The highest BCUT2D eigenvalue weighted by Crippen LogP contribution is 2.22. The van der Waals surface area contributed by atoms with Crippen LogP contribution in [0.2, 0.25) is 0 Å². The predicted molar refractivity (Wildman–Crippen MR) is 60.9 cm³/mol. The summed E-state index contributed by atoms with van der Waals surface area (Å²) in [5.74, 6) is 0.103. The fraction of sp³-hybridized carbons (Fsp3) is 0.750. The first-order valence-electron chi connectivity index (χ1n) is 6.18. The van der Waals surface area contributed by atoms with Gasteiger partial charge in [0.15, 0.2) is 0 Å². The van der Waals surface area contributed by atoms with E-state index in [0.717, 1.165) is 12.8 Å². The molecule has 0 aromatic rings. The molecule has 0 radical (unpaired) electrons. The summed E-state index contributed by atoms with van der Waals surface area (Å²) in [6.07, 6.45) is 1.36. The molecule has 1 fully saturated rings. The van der Waals surface area contributed by atoms with Crippen LogP contribution in [-0.2, 0) is 4.79 Å². The minimum absolute atomic E-state index is 0.0131. The molecule has 1 aliphatic heterocycles. The van der Waals surface area contributed by atoms with Crippen LogP contribution in [0.1, 0.15) is 12.8 Å². The minimum Gasteiger partial charge on any atom is -0.340 e. The van der Waals surface area contributed by atoms with Gasteiger partial charge in [0.05, 0.1) is 6.54 Å². The van der Waals surface area contributed by atoms with Crippen molar-refractivity contribution in [3.8, 4) is 0 Å². The van der Waals surface area contributed by atoms with E-state index in [-0.39, 0.29) is 11.8 Å². The van der Waals surface area contributed by atoms with E-state index in [4.69, 9.17) is 0 Å². The van der Waals surface area contributed by atoms with E-state index >= 15 is 0 Å². The van der Waals surface area contributed by atoms with E-state index < -0.39 is 12.7 Å². The summed E-state index contributed by atoms with van der Waals surface area (Å²) in [7, 11) is 0. The number of hydrogen-bond donors (Lipinski definition) is 0. The highest BCUT2D eigenvalue weighted by molar-refractivity contribution is 5.79. The molecule has 6 heteroatoms. The van der Waals surface area contributed by atoms with Gasteiger partial charge in [0.25, 0.3) is 0 Å². The van der Waals surface area contributed by atoms with Gasteiger partial charge in [-0.05, 0) is 12.8 Å². The standard InChI is InChI=1S/C12H17F3N2O/c13-12(14,15)9-16-5-7-17(8-6-16)11(18)10-3-1-2-4-10/h1-2,10H,3-9H2. The van der Waals surface area contributed by atoms with Crippen LogP contribution in [0, 0.1) is 5.92 Å². The third-order valence-corrected chi connectivity index (χ3v) is 3.44. The van der Waals surface area contributed by atoms with Crippen molar-refractivity contribution in [1.29, 1.82) is 0 Å². The fourth-order valence-corrected chi connectivity index (χ4v) is 2.46. The number of carbonyl (C=O) groups excluding carboxylic acids is 1. The van der Waals surface area contributed by atoms with Gasteiger partial charge in [-0.15, -0.1) is 0 Å². The molecule has 102 valence electrons. The van der Waals surface area contributed by atoms with Crippen molar-refractivity contribution < 1.29 is 18.0 Å². The summed E-state index contributed by atoms with van der Waals surface area (Å²) >= 11 is 0. The molecule has 1 amide bonds. The molecule has 0 unspecified atom stereocenters. The minimum atomic E-state index is -4.15. The average Bonchev–Trinajstić information content (AvgIpc) is 2.80. The van der Waals surface area contributed by atoms with Crippen molar-refractivity contribution in [3.63, 3.8) is 0 Å². The van der Waals surface area contributed by atoms with Crippen molar-refractivity contribution in [2.45, 2.75) is 19.0 Å². The molecular weight excluding hydrogens is 245 g/mol. The number of allylic oxidation sites excluding steroid dienone is 2. The van der Waals surface area contributed by atoms with Crippen molar-refractivity contribution in [1.82, 2.24) is 9.80 Å². The largest absolute Gasteiger partial charge is 0.401 e. The maximum Gasteiger partial charge on any atom is 0.401 e. The lowest BCUT2D eigenvalue weighted by atomic mass is 10.1. The molecule has 1 aliphatic carbocycles. The molecule has 0 aromatic heterocycles. The zero-order valence-electron chi connectivity index (χ0n) is 10.1. The van der Waals surface area contributed by atoms with Gasteiger partial charge in [0.1, 0.15) is 0 Å². The van der Waals surface area contributed by atoms with Crippen LogP contribution in [0.4, 0.5) is 13.2 Å². The summed E-state index contributed by atoms with van der Waals surface area (Å²) in [5.41, 5.74) is 0. The summed E-state index contributed by atoms with van der Waals surface area (Å²) in [4.78, 5) is 15.1. The van der Waals surface area contributed by atoms with Gasteiger partial charge in [0.2, 0.25) is 5.91 Å². The number of amides is 1. The Bertz CT molecular complexity index is 325. The number of carbonyl (C=O) groups is 1. The Hall–Kier alpha value is -1.04. The topological polar surface area (TPSA) is 23.6 Å². The fourth-order valence-electron chi connectivity index (χ4n) is 2.46. The number of nitrogens with zero attached hydrogens (tertiary/aromatic N) is 2. The second-order valence-electron chi connectivity index (χ2n) is 4.86. The zero-order chi connectivity index (χ0) is 13.2. The zero-order valence-corrected chi connectivity index (χ0v) is 10.1. The van der Waals surface area contributed by atoms with Gasteiger partial charge in [0, 0.05) is 32.1 Å². The quantitative estimate of drug-likeness (QED) is 0.707. The molecule has 0 N–H and O–H groups in total. The van der Waals surface area contributed by atoms with Crippen molar-refractivity contribution in [3.05, 3.63) is 12.2 Å². The van der Waals surface area contributed by atoms with Gasteiger partial charge in [-0.2, -0.15) is 13.2 Å². The van der Waals surface area contributed by atoms with Crippen molar-refractivity contribution in [2.75, 3.05) is 32.7 Å². The molecule has 0 spiro atoms. The molecule has 2 rings (SSSR count). The van der Waals surface area contributed by atoms with E-state index in [1.54, 1.807) is 4.90 Å². The first-order chi connectivity index (χ1) is 8.46. The predicted octanol–water partition coefficient (Wildman–Crippen LogP) is 1.66. The Balaban J connectivity index is 1.78. The molecule has 1 heterocycles. The molecular formula is C12H17F3N2O. The lowest BCUT2D eigenvalue weighted by Gasteiger charge is -2.36. The molecule has 0 aromatic carbocycles. The normalized spacial score (nSPS) is 22.7. The lowest BCUT2D eigenvalue weighted by Crippen LogP contribution is -2.52. The molecule has 0 atom stereocenters. The van der Waals surface area contributed by atoms with Gasteiger partial charge in [-0.25, -0.2) is 0 Å². The van der Waals surface area contributed by atoms with Crippen LogP contribution >= 0.6 is 0 Å². The van der Waals surface area contributed by atoms with Crippen LogP contribution in [0.3, 0.4) is 0 Å². The summed E-state index contributed by atoms with van der Waals surface area (Å²) in [5, 5.41) is 0. The maximum absolute atomic E-state index is 12.2. The Morgan fingerprint density at radius 3 is 2.17 bits per heavy atom. The molecule has 3 nitrogen and oxygen atoms in total. The van der Waals surface area contributed by atoms with Crippen molar-refractivity contribution in [2.24, 2.45) is 5.92 Å². The van der Waals surface area contributed by atoms with Gasteiger partial charge >= 0.3 is 6.18 Å². The monoisotopic (exact) mass is 262 g/mol. The van der Waals surface area contributed by atoms with Gasteiger partial charge in [-0.1, -0.05) is 12.2 Å². The van der Waals surface area contributed by atoms with Crippen molar-refractivity contribution >= 4 is 5.91 Å². The van der Waals surface area contributed by atoms with Crippen LogP contribution in [0.15, 0.2) is 12.2 Å². The maximum atomic E-state index is 12.2. The summed E-state index contributed by atoms with van der Waals surface area (Å²) in [6.45, 7) is 0.563. The second-order valence-corrected chi connectivity index (χ2v) is 4.86. The van der Waals surface area contributed by atoms with Crippen LogP contribution in [-0.4, -0.2) is 54.6 Å². The van der Waals surface area contributed by atoms with Gasteiger partial charge < -0.3 is 4.90 Å². The molecule has 0 saturated carbocycles. The smallest absolute Gasteiger partial charge is 0.340 e. The Morgan fingerprint density at radius 1 is 1.11 bits per heavy atom. The van der Waals surface area contributed by atoms with Crippen LogP contribution in [0.25, 0.3) is 0 Å². The van der Waals surface area contributed by atoms with Crippen LogP contribution < -0.4 is 0 Å².